The Balaban J connectivity index is 1.89. The highest BCUT2D eigenvalue weighted by molar-refractivity contribution is 8.08. The van der Waals surface area contributed by atoms with Crippen molar-refractivity contribution in [3.05, 3.63) is 70.9 Å². The molecule has 0 fully saturated rings. The number of anilines is 1. The van der Waals surface area contributed by atoms with Crippen LogP contribution in [0.3, 0.4) is 0 Å². The summed E-state index contributed by atoms with van der Waals surface area (Å²) in [5.41, 5.74) is 1.64. The molecule has 1 aliphatic heterocycles. The number of thioether (sulfide) groups is 1. The Morgan fingerprint density at radius 3 is 2.73 bits per heavy atom. The van der Waals surface area contributed by atoms with Crippen LogP contribution >= 0.6 is 23.4 Å². The molecule has 0 atom stereocenters. The smallest absolute Gasteiger partial charge is 0.291 e. The molecule has 3 nitrogen and oxygen atoms in total. The van der Waals surface area contributed by atoms with E-state index in [4.69, 9.17) is 16.3 Å². The van der Waals surface area contributed by atoms with Crippen molar-refractivity contribution < 1.29 is 9.53 Å². The Hall–Kier alpha value is -1.91. The van der Waals surface area contributed by atoms with Gasteiger partial charge >= 0.3 is 0 Å². The first kappa shape index (κ1) is 15.0. The number of halogens is 1. The van der Waals surface area contributed by atoms with E-state index in [0.717, 1.165) is 16.2 Å². The largest absolute Gasteiger partial charge is 0.486 e. The van der Waals surface area contributed by atoms with E-state index < -0.39 is 0 Å². The summed E-state index contributed by atoms with van der Waals surface area (Å²) in [6.07, 6.45) is 0. The number of benzene rings is 2. The van der Waals surface area contributed by atoms with Gasteiger partial charge < -0.3 is 10.1 Å². The Bertz CT molecular complexity index is 716. The molecule has 0 aliphatic carbocycles. The maximum Gasteiger partial charge on any atom is 0.291 e. The third-order valence-corrected chi connectivity index (χ3v) is 4.42. The van der Waals surface area contributed by atoms with Crippen LogP contribution in [0, 0.1) is 0 Å². The summed E-state index contributed by atoms with van der Waals surface area (Å²) < 4.78 is 5.62. The van der Waals surface area contributed by atoms with Crippen LogP contribution in [0.4, 0.5) is 5.69 Å². The standard InChI is InChI=1S/C17H14ClNO2S/c18-13-7-4-8-14(11-13)19-17(20)15-16(22-10-9-21-15)12-5-2-1-3-6-12/h1-8,11H,9-10H2,(H,19,20). The molecular weight excluding hydrogens is 318 g/mol. The first-order valence-electron chi connectivity index (χ1n) is 6.86. The summed E-state index contributed by atoms with van der Waals surface area (Å²) in [4.78, 5) is 13.4. The summed E-state index contributed by atoms with van der Waals surface area (Å²) in [5, 5.41) is 3.41. The molecule has 112 valence electrons. The number of hydrogen-bond donors (Lipinski definition) is 1. The molecule has 0 bridgehead atoms. The lowest BCUT2D eigenvalue weighted by Crippen LogP contribution is -2.21. The molecule has 22 heavy (non-hydrogen) atoms. The van der Waals surface area contributed by atoms with Crippen molar-refractivity contribution in [2.75, 3.05) is 17.7 Å². The van der Waals surface area contributed by atoms with E-state index in [9.17, 15) is 4.79 Å². The molecular formula is C17H14ClNO2S. The molecule has 0 unspecified atom stereocenters. The van der Waals surface area contributed by atoms with Gasteiger partial charge in [0.2, 0.25) is 0 Å². The molecule has 1 aliphatic rings. The Morgan fingerprint density at radius 2 is 1.95 bits per heavy atom. The van der Waals surface area contributed by atoms with Crippen LogP contribution in [0.25, 0.3) is 4.91 Å². The monoisotopic (exact) mass is 331 g/mol. The zero-order chi connectivity index (χ0) is 15.4. The van der Waals surface area contributed by atoms with Gasteiger partial charge in [-0.3, -0.25) is 4.79 Å². The van der Waals surface area contributed by atoms with Crippen molar-refractivity contribution in [1.29, 1.82) is 0 Å². The predicted molar refractivity (Wildman–Crippen MR) is 91.9 cm³/mol. The van der Waals surface area contributed by atoms with Crippen molar-refractivity contribution in [1.82, 2.24) is 0 Å². The normalized spacial score (nSPS) is 14.4. The topological polar surface area (TPSA) is 38.3 Å². The Morgan fingerprint density at radius 1 is 1.14 bits per heavy atom. The number of amides is 1. The number of hydrogen-bond acceptors (Lipinski definition) is 3. The number of nitrogens with one attached hydrogen (secondary N) is 1. The second kappa shape index (κ2) is 6.90. The van der Waals surface area contributed by atoms with Crippen LogP contribution in [0.1, 0.15) is 5.56 Å². The molecule has 3 rings (SSSR count). The fourth-order valence-electron chi connectivity index (χ4n) is 2.15. The van der Waals surface area contributed by atoms with Crippen LogP contribution in [-0.2, 0) is 9.53 Å². The predicted octanol–water partition coefficient (Wildman–Crippen LogP) is 4.41. The molecule has 0 spiro atoms. The van der Waals surface area contributed by atoms with Crippen molar-refractivity contribution in [3.63, 3.8) is 0 Å². The van der Waals surface area contributed by atoms with Crippen molar-refractivity contribution in [3.8, 4) is 0 Å². The van der Waals surface area contributed by atoms with E-state index in [0.29, 0.717) is 23.1 Å². The molecule has 0 aromatic heterocycles. The van der Waals surface area contributed by atoms with Gasteiger partial charge in [0.15, 0.2) is 5.76 Å². The maximum atomic E-state index is 12.5. The second-order valence-electron chi connectivity index (χ2n) is 4.69. The summed E-state index contributed by atoms with van der Waals surface area (Å²) in [5.74, 6) is 0.939. The number of ether oxygens (including phenoxy) is 1. The van der Waals surface area contributed by atoms with Gasteiger partial charge in [0.05, 0.1) is 11.5 Å². The zero-order valence-corrected chi connectivity index (χ0v) is 13.3. The first-order chi connectivity index (χ1) is 10.7. The molecule has 5 heteroatoms. The summed E-state index contributed by atoms with van der Waals surface area (Å²) >= 11 is 7.57. The van der Waals surface area contributed by atoms with E-state index in [-0.39, 0.29) is 5.91 Å². The lowest BCUT2D eigenvalue weighted by Gasteiger charge is -2.20. The van der Waals surface area contributed by atoms with Crippen LogP contribution in [0.2, 0.25) is 5.02 Å². The minimum atomic E-state index is -0.256. The van der Waals surface area contributed by atoms with E-state index in [1.54, 1.807) is 36.0 Å². The van der Waals surface area contributed by atoms with Gasteiger partial charge in [-0.1, -0.05) is 48.0 Å². The summed E-state index contributed by atoms with van der Waals surface area (Å²) in [6.45, 7) is 0.527. The third kappa shape index (κ3) is 3.46. The average molecular weight is 332 g/mol. The average Bonchev–Trinajstić information content (AvgIpc) is 2.56. The molecule has 2 aromatic rings. The minimum absolute atomic E-state index is 0.256. The van der Waals surface area contributed by atoms with Gasteiger partial charge in [0.1, 0.15) is 0 Å². The number of carbonyl (C=O) groups excluding carboxylic acids is 1. The van der Waals surface area contributed by atoms with Crippen LogP contribution in [0.5, 0.6) is 0 Å². The quantitative estimate of drug-likeness (QED) is 0.905. The van der Waals surface area contributed by atoms with Crippen molar-refractivity contribution >= 4 is 39.9 Å². The molecule has 0 saturated carbocycles. The fourth-order valence-corrected chi connectivity index (χ4v) is 3.29. The van der Waals surface area contributed by atoms with E-state index >= 15 is 0 Å². The summed E-state index contributed by atoms with van der Waals surface area (Å²) in [7, 11) is 0. The first-order valence-corrected chi connectivity index (χ1v) is 8.22. The van der Waals surface area contributed by atoms with E-state index in [1.807, 2.05) is 30.3 Å². The lowest BCUT2D eigenvalue weighted by molar-refractivity contribution is -0.115. The van der Waals surface area contributed by atoms with Gasteiger partial charge in [-0.25, -0.2) is 0 Å². The fraction of sp³-hybridized carbons (Fsp3) is 0.118. The molecule has 1 amide bonds. The highest BCUT2D eigenvalue weighted by Crippen LogP contribution is 2.35. The second-order valence-corrected chi connectivity index (χ2v) is 6.23. The minimum Gasteiger partial charge on any atom is -0.486 e. The Kier molecular flexibility index (Phi) is 4.71. The summed E-state index contributed by atoms with van der Waals surface area (Å²) in [6, 6.07) is 16.9. The van der Waals surface area contributed by atoms with E-state index in [2.05, 4.69) is 5.32 Å². The number of carbonyl (C=O) groups is 1. The molecule has 2 aromatic carbocycles. The van der Waals surface area contributed by atoms with Gasteiger partial charge in [-0.2, -0.15) is 0 Å². The van der Waals surface area contributed by atoms with Crippen molar-refractivity contribution in [2.45, 2.75) is 0 Å². The molecule has 0 saturated heterocycles. The SMILES string of the molecule is O=C(Nc1cccc(Cl)c1)C1=C(c2ccccc2)SCCO1. The highest BCUT2D eigenvalue weighted by atomic mass is 35.5. The van der Waals surface area contributed by atoms with Crippen molar-refractivity contribution in [2.24, 2.45) is 0 Å². The third-order valence-electron chi connectivity index (χ3n) is 3.11. The van der Waals surface area contributed by atoms with Crippen LogP contribution in [-0.4, -0.2) is 18.3 Å². The Labute approximate surface area is 138 Å². The molecule has 1 N–H and O–H groups in total. The van der Waals surface area contributed by atoms with Gasteiger partial charge in [0.25, 0.3) is 5.91 Å². The van der Waals surface area contributed by atoms with Crippen LogP contribution < -0.4 is 5.32 Å². The highest BCUT2D eigenvalue weighted by Gasteiger charge is 2.23. The van der Waals surface area contributed by atoms with E-state index in [1.165, 1.54) is 0 Å². The zero-order valence-electron chi connectivity index (χ0n) is 11.7. The van der Waals surface area contributed by atoms with Gasteiger partial charge in [-0.15, -0.1) is 11.8 Å². The molecule has 0 radical (unpaired) electrons. The van der Waals surface area contributed by atoms with Crippen LogP contribution in [0.15, 0.2) is 60.4 Å². The van der Waals surface area contributed by atoms with Gasteiger partial charge in [0, 0.05) is 16.5 Å². The molecule has 1 heterocycles. The number of rotatable bonds is 3. The van der Waals surface area contributed by atoms with Gasteiger partial charge in [-0.05, 0) is 23.8 Å². The maximum absolute atomic E-state index is 12.5. The lowest BCUT2D eigenvalue weighted by atomic mass is 10.2.